The topological polar surface area (TPSA) is 105 Å². The number of nitrogens with zero attached hydrogens (tertiary/aromatic N) is 1. The van der Waals surface area contributed by atoms with Gasteiger partial charge in [-0.2, -0.15) is 0 Å². The van der Waals surface area contributed by atoms with Crippen molar-refractivity contribution in [2.24, 2.45) is 0 Å². The number of hydrogen-bond donors (Lipinski definition) is 3. The number of fused-ring (bicyclic) bond motifs is 1. The maximum absolute atomic E-state index is 12.5. The lowest BCUT2D eigenvalue weighted by atomic mass is 10.2. The van der Waals surface area contributed by atoms with E-state index in [9.17, 15) is 9.59 Å². The predicted molar refractivity (Wildman–Crippen MR) is 115 cm³/mol. The summed E-state index contributed by atoms with van der Waals surface area (Å²) in [5, 5.41) is 3.54. The van der Waals surface area contributed by atoms with E-state index in [4.69, 9.17) is 32.8 Å². The third-order valence-electron chi connectivity index (χ3n) is 4.57. The zero-order chi connectivity index (χ0) is 21.3. The van der Waals surface area contributed by atoms with Crippen LogP contribution in [0.4, 0.5) is 5.13 Å². The molecule has 8 nitrogen and oxygen atoms in total. The van der Waals surface area contributed by atoms with Crippen LogP contribution in [0.3, 0.4) is 0 Å². The van der Waals surface area contributed by atoms with Crippen LogP contribution < -0.4 is 10.8 Å². The summed E-state index contributed by atoms with van der Waals surface area (Å²) in [5.74, 6) is -0.832. The first kappa shape index (κ1) is 21.1. The highest BCUT2D eigenvalue weighted by atomic mass is 35.5. The minimum atomic E-state index is -0.451. The zero-order valence-electron chi connectivity index (χ0n) is 15.9. The van der Waals surface area contributed by atoms with E-state index in [1.54, 1.807) is 25.1 Å². The van der Waals surface area contributed by atoms with Crippen LogP contribution in [0.25, 0.3) is 10.2 Å². The van der Waals surface area contributed by atoms with E-state index in [1.807, 2.05) is 0 Å². The largest absolute Gasteiger partial charge is 0.352 e. The van der Waals surface area contributed by atoms with Crippen LogP contribution in [0.15, 0.2) is 18.2 Å². The quantitative estimate of drug-likeness (QED) is 0.471. The molecule has 3 aromatic rings. The number of carbonyl (C=O) groups excluding carboxylic acids is 2. The van der Waals surface area contributed by atoms with Gasteiger partial charge in [-0.3, -0.25) is 14.9 Å². The number of aromatic amines is 1. The van der Waals surface area contributed by atoms with Gasteiger partial charge in [0, 0.05) is 24.3 Å². The van der Waals surface area contributed by atoms with Gasteiger partial charge in [0.15, 0.2) is 11.4 Å². The van der Waals surface area contributed by atoms with E-state index < -0.39 is 12.2 Å². The number of ether oxygens (including phenoxy) is 1. The zero-order valence-corrected chi connectivity index (χ0v) is 18.2. The standard InChI is InChI=1S/C19H18Cl2N4O4S/c1-9-14(20)15(21)16(22-9)18(27)24-19-23-11-6-5-10(8-12(11)30-19)17(26)25-29-13-4-2-3-7-28-13/h5-6,8,13,22H,2-4,7H2,1H3,(H,25,26)(H,23,24,27). The number of rotatable bonds is 5. The maximum atomic E-state index is 12.5. The van der Waals surface area contributed by atoms with E-state index in [0.717, 1.165) is 24.0 Å². The Morgan fingerprint density at radius 2 is 2.10 bits per heavy atom. The molecule has 158 valence electrons. The molecule has 0 radical (unpaired) electrons. The molecule has 1 aliphatic heterocycles. The van der Waals surface area contributed by atoms with Crippen LogP contribution in [0.1, 0.15) is 45.8 Å². The molecule has 3 N–H and O–H groups in total. The third-order valence-corrected chi connectivity index (χ3v) is 6.45. The van der Waals surface area contributed by atoms with Crippen molar-refractivity contribution in [2.75, 3.05) is 11.9 Å². The van der Waals surface area contributed by atoms with E-state index >= 15 is 0 Å². The number of aromatic nitrogens is 2. The summed E-state index contributed by atoms with van der Waals surface area (Å²) in [6, 6.07) is 5.03. The van der Waals surface area contributed by atoms with Gasteiger partial charge < -0.3 is 9.72 Å². The number of nitrogens with one attached hydrogen (secondary N) is 3. The van der Waals surface area contributed by atoms with Crippen LogP contribution in [0, 0.1) is 6.92 Å². The molecule has 1 fully saturated rings. The smallest absolute Gasteiger partial charge is 0.275 e. The summed E-state index contributed by atoms with van der Waals surface area (Å²) < 4.78 is 6.16. The SMILES string of the molecule is Cc1[nH]c(C(=O)Nc2nc3ccc(C(=O)NOC4CCCCO4)cc3s2)c(Cl)c1Cl. The number of halogens is 2. The molecule has 3 heterocycles. The number of hydroxylamine groups is 1. The van der Waals surface area contributed by atoms with Crippen LogP contribution in [-0.2, 0) is 9.57 Å². The fourth-order valence-corrected chi connectivity index (χ4v) is 4.31. The molecule has 30 heavy (non-hydrogen) atoms. The Balaban J connectivity index is 1.44. The second-order valence-corrected chi connectivity index (χ2v) is 8.54. The molecule has 1 atom stereocenters. The first-order valence-electron chi connectivity index (χ1n) is 9.25. The number of thiazole rings is 1. The summed E-state index contributed by atoms with van der Waals surface area (Å²) in [4.78, 5) is 37.4. The number of carbonyl (C=O) groups is 2. The molecule has 0 spiro atoms. The molecule has 1 aromatic carbocycles. The lowest BCUT2D eigenvalue weighted by Gasteiger charge is -2.22. The van der Waals surface area contributed by atoms with Crippen LogP contribution in [0.2, 0.25) is 10.0 Å². The molecule has 2 amide bonds. The molecular weight excluding hydrogens is 451 g/mol. The maximum Gasteiger partial charge on any atom is 0.275 e. The fraction of sp³-hybridized carbons (Fsp3) is 0.316. The van der Waals surface area contributed by atoms with Crippen LogP contribution in [0.5, 0.6) is 0 Å². The highest BCUT2D eigenvalue weighted by Gasteiger charge is 2.20. The minimum Gasteiger partial charge on any atom is -0.352 e. The number of H-pyrrole nitrogens is 1. The monoisotopic (exact) mass is 468 g/mol. The Labute approximate surface area is 185 Å². The lowest BCUT2D eigenvalue weighted by Crippen LogP contribution is -2.33. The van der Waals surface area contributed by atoms with Crippen molar-refractivity contribution in [2.45, 2.75) is 32.5 Å². The summed E-state index contributed by atoms with van der Waals surface area (Å²) in [5.41, 5.74) is 4.26. The van der Waals surface area contributed by atoms with E-state index in [1.165, 1.54) is 11.3 Å². The molecule has 0 aliphatic carbocycles. The van der Waals surface area contributed by atoms with Gasteiger partial charge in [-0.05, 0) is 38.0 Å². The molecule has 4 rings (SSSR count). The van der Waals surface area contributed by atoms with Gasteiger partial charge in [0.1, 0.15) is 5.69 Å². The van der Waals surface area contributed by atoms with Crippen molar-refractivity contribution in [1.29, 1.82) is 0 Å². The van der Waals surface area contributed by atoms with E-state index in [2.05, 4.69) is 20.8 Å². The average molecular weight is 469 g/mol. The van der Waals surface area contributed by atoms with Gasteiger partial charge in [-0.1, -0.05) is 34.5 Å². The third kappa shape index (κ3) is 4.45. The van der Waals surface area contributed by atoms with Crippen molar-refractivity contribution in [1.82, 2.24) is 15.4 Å². The van der Waals surface area contributed by atoms with Crippen molar-refractivity contribution in [3.63, 3.8) is 0 Å². The minimum absolute atomic E-state index is 0.161. The Hall–Kier alpha value is -2.17. The average Bonchev–Trinajstić information content (AvgIpc) is 3.27. The van der Waals surface area contributed by atoms with Crippen molar-refractivity contribution < 1.29 is 19.2 Å². The van der Waals surface area contributed by atoms with Gasteiger partial charge in [-0.15, -0.1) is 0 Å². The number of anilines is 1. The summed E-state index contributed by atoms with van der Waals surface area (Å²) in [6.07, 6.45) is 2.32. The fourth-order valence-electron chi connectivity index (χ4n) is 2.99. The van der Waals surface area contributed by atoms with Gasteiger partial charge >= 0.3 is 0 Å². The van der Waals surface area contributed by atoms with Crippen LogP contribution >= 0.6 is 34.5 Å². The molecular formula is C19H18Cl2N4O4S. The highest BCUT2D eigenvalue weighted by Crippen LogP contribution is 2.31. The first-order chi connectivity index (χ1) is 14.4. The number of aryl methyl sites for hydroxylation is 1. The van der Waals surface area contributed by atoms with Crippen molar-refractivity contribution in [3.8, 4) is 0 Å². The Bertz CT molecular complexity index is 1110. The normalized spacial score (nSPS) is 16.6. The van der Waals surface area contributed by atoms with Gasteiger partial charge in [0.2, 0.25) is 0 Å². The second-order valence-electron chi connectivity index (χ2n) is 6.75. The lowest BCUT2D eigenvalue weighted by molar-refractivity contribution is -0.186. The van der Waals surface area contributed by atoms with Gasteiger partial charge in [-0.25, -0.2) is 15.3 Å². The summed E-state index contributed by atoms with van der Waals surface area (Å²) in [7, 11) is 0. The molecule has 0 saturated carbocycles. The highest BCUT2D eigenvalue weighted by molar-refractivity contribution is 7.22. The van der Waals surface area contributed by atoms with Crippen molar-refractivity contribution in [3.05, 3.63) is 45.2 Å². The van der Waals surface area contributed by atoms with Crippen molar-refractivity contribution >= 4 is 61.7 Å². The molecule has 11 heteroatoms. The number of benzene rings is 1. The second kappa shape index (κ2) is 8.91. The molecule has 1 saturated heterocycles. The first-order valence-corrected chi connectivity index (χ1v) is 10.8. The molecule has 1 aliphatic rings. The number of amides is 2. The molecule has 2 aromatic heterocycles. The Kier molecular flexibility index (Phi) is 6.26. The summed E-state index contributed by atoms with van der Waals surface area (Å²) in [6.45, 7) is 2.35. The Morgan fingerprint density at radius 3 is 2.80 bits per heavy atom. The van der Waals surface area contributed by atoms with Crippen LogP contribution in [-0.4, -0.2) is 34.7 Å². The summed E-state index contributed by atoms with van der Waals surface area (Å²) >= 11 is 13.3. The van der Waals surface area contributed by atoms with Gasteiger partial charge in [0.05, 0.1) is 20.3 Å². The number of hydrogen-bond acceptors (Lipinski definition) is 6. The Morgan fingerprint density at radius 1 is 1.27 bits per heavy atom. The van der Waals surface area contributed by atoms with Gasteiger partial charge in [0.25, 0.3) is 11.8 Å². The van der Waals surface area contributed by atoms with E-state index in [-0.39, 0.29) is 16.6 Å². The molecule has 1 unspecified atom stereocenters. The predicted octanol–water partition coefficient (Wildman–Crippen LogP) is 4.68. The van der Waals surface area contributed by atoms with E-state index in [0.29, 0.717) is 33.5 Å². The molecule has 0 bridgehead atoms.